The largest absolute Gasteiger partial charge is 0.361 e. The van der Waals surface area contributed by atoms with Crippen molar-refractivity contribution in [2.24, 2.45) is 5.92 Å². The van der Waals surface area contributed by atoms with E-state index in [0.29, 0.717) is 18.1 Å². The summed E-state index contributed by atoms with van der Waals surface area (Å²) in [6.45, 7) is 26.5. The van der Waals surface area contributed by atoms with Crippen LogP contribution in [0.25, 0.3) is 33.4 Å². The molecule has 12 nitrogen and oxygen atoms in total. The third-order valence-corrected chi connectivity index (χ3v) is 19.6. The molecule has 3 unspecified atom stereocenters. The third-order valence-electron chi connectivity index (χ3n) is 14.2. The average Bonchev–Trinajstić information content (AvgIpc) is 4.23. The Morgan fingerprint density at radius 3 is 1.32 bits per heavy atom. The van der Waals surface area contributed by atoms with Crippen LogP contribution in [0.3, 0.4) is 0 Å². The van der Waals surface area contributed by atoms with Gasteiger partial charge in [0, 0.05) is 55.4 Å². The number of nitrogens with zero attached hydrogens (tertiary/aromatic N) is 3. The minimum atomic E-state index is -2.53. The van der Waals surface area contributed by atoms with Crippen molar-refractivity contribution in [1.82, 2.24) is 29.6 Å². The molecule has 0 saturated heterocycles. The maximum atomic E-state index is 13.3. The summed E-state index contributed by atoms with van der Waals surface area (Å²) < 4.78 is 65.7. The van der Waals surface area contributed by atoms with Gasteiger partial charge in [0.1, 0.15) is 17.3 Å². The molecule has 3 aromatic heterocycles. The van der Waals surface area contributed by atoms with Crippen molar-refractivity contribution in [2.75, 3.05) is 0 Å². The lowest BCUT2D eigenvalue weighted by Crippen LogP contribution is -2.32. The fourth-order valence-electron chi connectivity index (χ4n) is 10.4. The van der Waals surface area contributed by atoms with Crippen LogP contribution in [0.4, 0.5) is 0 Å². The Morgan fingerprint density at radius 1 is 0.487 bits per heavy atom. The van der Waals surface area contributed by atoms with Crippen LogP contribution in [0, 0.1) is 47.5 Å². The zero-order chi connectivity index (χ0) is 55.7. The highest BCUT2D eigenvalue weighted by molar-refractivity contribution is 7.99. The van der Waals surface area contributed by atoms with Crippen molar-refractivity contribution >= 4 is 46.7 Å². The monoisotopic (exact) mass is 1100 g/mol. The first kappa shape index (κ1) is 60.5. The van der Waals surface area contributed by atoms with Gasteiger partial charge in [-0.3, -0.25) is 0 Å². The van der Waals surface area contributed by atoms with Gasteiger partial charge in [0.05, 0.1) is 46.2 Å². The van der Waals surface area contributed by atoms with E-state index in [0.717, 1.165) is 138 Å². The first-order chi connectivity index (χ1) is 35.8. The highest BCUT2D eigenvalue weighted by Crippen LogP contribution is 2.37. The van der Waals surface area contributed by atoms with Gasteiger partial charge in [-0.2, -0.15) is 0 Å². The van der Waals surface area contributed by atoms with E-state index in [2.05, 4.69) is 108 Å². The fraction of sp³-hybridized carbons (Fsp3) is 0.508. The molecule has 3 fully saturated rings. The van der Waals surface area contributed by atoms with E-state index in [-0.39, 0.29) is 11.8 Å². The molecule has 3 N–H and O–H groups in total. The van der Waals surface area contributed by atoms with Gasteiger partial charge in [0.15, 0.2) is 0 Å². The molecule has 3 atom stereocenters. The molecule has 76 heavy (non-hydrogen) atoms. The van der Waals surface area contributed by atoms with Gasteiger partial charge < -0.3 is 13.6 Å². The second-order valence-electron chi connectivity index (χ2n) is 22.6. The molecule has 3 aliphatic carbocycles. The molecule has 9 rings (SSSR count). The molecule has 0 spiro atoms. The maximum Gasteiger partial charge on any atom is 0.147 e. The summed E-state index contributed by atoms with van der Waals surface area (Å²) in [4.78, 5) is 2.30. The minimum Gasteiger partial charge on any atom is -0.361 e. The lowest BCUT2D eigenvalue weighted by Gasteiger charge is -2.19. The molecule has 416 valence electrons. The number of aromatic nitrogens is 3. The lowest BCUT2D eigenvalue weighted by atomic mass is 9.97. The summed E-state index contributed by atoms with van der Waals surface area (Å²) in [5.41, 5.74) is 10.6. The normalized spacial score (nSPS) is 17.6. The van der Waals surface area contributed by atoms with Gasteiger partial charge in [-0.1, -0.05) is 139 Å². The lowest BCUT2D eigenvalue weighted by molar-refractivity contribution is 0.368. The summed E-state index contributed by atoms with van der Waals surface area (Å²) in [7, 11) is -7.55. The summed E-state index contributed by atoms with van der Waals surface area (Å²) in [6.07, 6.45) is 13.7. The van der Waals surface area contributed by atoms with Crippen LogP contribution < -0.4 is 14.2 Å². The molecular formula is C61H88N6O6S3. The van der Waals surface area contributed by atoms with Gasteiger partial charge in [-0.05, 0) is 162 Å². The quantitative estimate of drug-likeness (QED) is 0.0900. The molecule has 3 heterocycles. The highest BCUT2D eigenvalue weighted by Gasteiger charge is 2.26. The van der Waals surface area contributed by atoms with Gasteiger partial charge >= 0.3 is 0 Å². The van der Waals surface area contributed by atoms with Crippen molar-refractivity contribution < 1.29 is 26.2 Å². The van der Waals surface area contributed by atoms with Crippen LogP contribution in [0.15, 0.2) is 88.9 Å². The molecule has 3 aliphatic rings. The predicted molar refractivity (Wildman–Crippen MR) is 320 cm³/mol. The summed E-state index contributed by atoms with van der Waals surface area (Å²) >= 11 is 0. The van der Waals surface area contributed by atoms with E-state index in [4.69, 9.17) is 13.6 Å². The Bertz CT molecular complexity index is 3050. The van der Waals surface area contributed by atoms with Crippen LogP contribution in [-0.2, 0) is 29.1 Å². The van der Waals surface area contributed by atoms with Crippen LogP contribution in [-0.4, -0.2) is 63.8 Å². The smallest absolute Gasteiger partial charge is 0.147 e. The van der Waals surface area contributed by atoms with E-state index < -0.39 is 29.1 Å². The molecule has 0 amide bonds. The van der Waals surface area contributed by atoms with Crippen LogP contribution in [0.2, 0.25) is 0 Å². The van der Waals surface area contributed by atoms with E-state index in [9.17, 15) is 12.6 Å². The first-order valence-electron chi connectivity index (χ1n) is 27.4. The van der Waals surface area contributed by atoms with E-state index in [1.807, 2.05) is 90.1 Å². The van der Waals surface area contributed by atoms with Crippen molar-refractivity contribution in [1.29, 1.82) is 0 Å². The maximum absolute atomic E-state index is 13.3. The van der Waals surface area contributed by atoms with Gasteiger partial charge in [0.2, 0.25) is 0 Å². The minimum absolute atomic E-state index is 0.238. The van der Waals surface area contributed by atoms with Gasteiger partial charge in [-0.15, -0.1) is 0 Å². The number of rotatable bonds is 14. The summed E-state index contributed by atoms with van der Waals surface area (Å²) in [5, 5.41) is 12.3. The second-order valence-corrected chi connectivity index (χ2v) is 28.7. The third kappa shape index (κ3) is 15.5. The summed E-state index contributed by atoms with van der Waals surface area (Å²) in [6, 6.07) is 20.8. The first-order valence-corrected chi connectivity index (χ1v) is 32.6. The molecule has 3 aromatic carbocycles. The van der Waals surface area contributed by atoms with Crippen LogP contribution in [0.5, 0.6) is 0 Å². The zero-order valence-electron chi connectivity index (χ0n) is 47.9. The molecule has 3 saturated carbocycles. The molecular weight excluding hydrogens is 1010 g/mol. The molecule has 0 bridgehead atoms. The topological polar surface area (TPSA) is 165 Å². The molecule has 0 radical (unpaired) electrons. The molecule has 6 aromatic rings. The van der Waals surface area contributed by atoms with Gasteiger partial charge in [0.25, 0.3) is 0 Å². The second kappa shape index (κ2) is 26.3. The Balaban J connectivity index is 0.000000179. The molecule has 0 aliphatic heterocycles. The van der Waals surface area contributed by atoms with Crippen molar-refractivity contribution in [2.45, 2.75) is 212 Å². The zero-order valence-corrected chi connectivity index (χ0v) is 50.3. The van der Waals surface area contributed by atoms with Crippen molar-refractivity contribution in [3.8, 4) is 33.4 Å². The number of aryl methyl sites for hydroxylation is 6. The Labute approximate surface area is 457 Å². The molecule has 15 heteroatoms. The average molecular weight is 1100 g/mol. The van der Waals surface area contributed by atoms with Crippen LogP contribution in [0.1, 0.15) is 183 Å². The van der Waals surface area contributed by atoms with Crippen molar-refractivity contribution in [3.05, 3.63) is 106 Å². The Morgan fingerprint density at radius 2 is 0.882 bits per heavy atom. The van der Waals surface area contributed by atoms with E-state index in [1.165, 1.54) is 38.5 Å². The highest BCUT2D eigenvalue weighted by atomic mass is 32.2. The Kier molecular flexibility index (Phi) is 20.9. The van der Waals surface area contributed by atoms with E-state index in [1.54, 1.807) is 0 Å². The van der Waals surface area contributed by atoms with E-state index >= 15 is 0 Å². The number of nitrogens with one attached hydrogen (secondary N) is 3. The van der Waals surface area contributed by atoms with Crippen molar-refractivity contribution in [3.63, 3.8) is 0 Å². The number of hydrogen-bond donors (Lipinski definition) is 3. The fourth-order valence-corrected chi connectivity index (χ4v) is 15.5. The predicted octanol–water partition coefficient (Wildman–Crippen LogP) is 14.4. The SMILES string of the molecule is C=S(=O)(NC1CCCC1)c1cc(-c2c(C(C)C)noc2C)ccc1C.C=S(=O)(NC1CCCC1)c1cc(-c2c(C)noc2C(C)C)ccc1C.C=S(=O)(NC1CCCC1)c1cccc(-c2c(C)noc2C)c1.CC(C)C. The number of hydrogen-bond acceptors (Lipinski definition) is 9. The van der Waals surface area contributed by atoms with Gasteiger partial charge in [-0.25, -0.2) is 26.8 Å². The standard InChI is InChI=1S/2C20H28N2O2S.C17H22N2O2S.C4H10/c1-13(2)20-19(15(4)24-21-20)16-11-10-14(3)18(12-16)25(5,23)22-17-8-6-7-9-17;1-13(2)20-19(15(4)21-24-20)16-11-10-14(3)18(12-16)25(5,23)22-17-8-6-7-9-17;1-12-17(13(2)21-18-12)14-7-6-10-16(11-14)22(3,20)19-15-8-4-5-9-15;1-4(2)3/h2*10-13,17H,5-9H2,1-4H3,(H,22,23);6-7,10-11,15H,3-5,8-9H2,1-2H3,(H,19,20);4H,1-3H3. The summed E-state index contributed by atoms with van der Waals surface area (Å²) in [5.74, 6) is 15.8. The Hall–Kier alpha value is -4.77. The van der Waals surface area contributed by atoms with Crippen LogP contribution >= 0.6 is 0 Å². The number of benzene rings is 3.